The Morgan fingerprint density at radius 1 is 1.50 bits per heavy atom. The van der Waals surface area contributed by atoms with Crippen LogP contribution in [-0.4, -0.2) is 17.5 Å². The van der Waals surface area contributed by atoms with E-state index in [1.807, 2.05) is 0 Å². The Morgan fingerprint density at radius 3 is 2.00 bits per heavy atom. The van der Waals surface area contributed by atoms with E-state index < -0.39 is 5.41 Å². The van der Waals surface area contributed by atoms with Crippen LogP contribution in [0.2, 0.25) is 0 Å². The van der Waals surface area contributed by atoms with Crippen LogP contribution < -0.4 is 0 Å². The minimum Gasteiger partial charge on any atom is -0.392 e. The van der Waals surface area contributed by atoms with E-state index in [4.69, 9.17) is 5.11 Å². The van der Waals surface area contributed by atoms with E-state index in [1.165, 1.54) is 0 Å². The van der Waals surface area contributed by atoms with Gasteiger partial charge in [0.05, 0.1) is 6.61 Å². The van der Waals surface area contributed by atoms with Crippen molar-refractivity contribution in [3.05, 3.63) is 12.2 Å². The van der Waals surface area contributed by atoms with Gasteiger partial charge in [-0.3, -0.25) is 4.79 Å². The number of hydrogen-bond acceptors (Lipinski definition) is 2. The molecule has 0 aliphatic heterocycles. The van der Waals surface area contributed by atoms with Gasteiger partial charge in [0.15, 0.2) is 5.78 Å². The van der Waals surface area contributed by atoms with Crippen LogP contribution in [0.25, 0.3) is 0 Å². The smallest absolute Gasteiger partial charge is 0.165 e. The summed E-state index contributed by atoms with van der Waals surface area (Å²) in [5.41, 5.74) is -0.132. The van der Waals surface area contributed by atoms with Crippen molar-refractivity contribution >= 4 is 5.78 Å². The third-order valence-electron chi connectivity index (χ3n) is 1.19. The van der Waals surface area contributed by atoms with Crippen molar-refractivity contribution in [2.75, 3.05) is 6.61 Å². The molecule has 0 aromatic heterocycles. The molecule has 58 valence electrons. The van der Waals surface area contributed by atoms with Gasteiger partial charge in [0.25, 0.3) is 0 Å². The molecule has 0 amide bonds. The van der Waals surface area contributed by atoms with Crippen LogP contribution in [0.5, 0.6) is 0 Å². The van der Waals surface area contributed by atoms with Gasteiger partial charge in [-0.25, -0.2) is 0 Å². The predicted molar refractivity (Wildman–Crippen MR) is 40.7 cm³/mol. The van der Waals surface area contributed by atoms with Crippen LogP contribution in [0, 0.1) is 5.41 Å². The lowest BCUT2D eigenvalue weighted by molar-refractivity contribution is -0.122. The van der Waals surface area contributed by atoms with Crippen molar-refractivity contribution in [3.63, 3.8) is 0 Å². The van der Waals surface area contributed by atoms with E-state index >= 15 is 0 Å². The highest BCUT2D eigenvalue weighted by molar-refractivity contribution is 5.98. The summed E-state index contributed by atoms with van der Waals surface area (Å²) >= 11 is 0. The van der Waals surface area contributed by atoms with E-state index in [0.29, 0.717) is 0 Å². The molecule has 0 fully saturated rings. The number of ketones is 1. The molecule has 0 aromatic carbocycles. The zero-order valence-electron chi connectivity index (χ0n) is 6.77. The lowest BCUT2D eigenvalue weighted by Crippen LogP contribution is -2.22. The summed E-state index contributed by atoms with van der Waals surface area (Å²) in [6.45, 7) is 8.61. The van der Waals surface area contributed by atoms with Crippen LogP contribution in [0.1, 0.15) is 20.8 Å². The van der Waals surface area contributed by atoms with Gasteiger partial charge >= 0.3 is 0 Å². The normalized spacial score (nSPS) is 11.2. The third-order valence-corrected chi connectivity index (χ3v) is 1.19. The summed E-state index contributed by atoms with van der Waals surface area (Å²) in [5, 5.41) is 8.55. The number of hydrogen-bond donors (Lipinski definition) is 1. The summed E-state index contributed by atoms with van der Waals surface area (Å²) < 4.78 is 0. The number of Topliss-reactive ketones (excluding diaryl/α,β-unsaturated/α-hetero) is 1. The minimum atomic E-state index is -0.417. The van der Waals surface area contributed by atoms with Gasteiger partial charge in [0.1, 0.15) is 0 Å². The van der Waals surface area contributed by atoms with Crippen molar-refractivity contribution in [1.29, 1.82) is 0 Å². The maximum atomic E-state index is 11.1. The molecule has 0 unspecified atom stereocenters. The first-order chi connectivity index (χ1) is 4.39. The minimum absolute atomic E-state index is 0.0741. The standard InChI is InChI=1S/C8H14O2/c1-6(5-9)7(10)8(2,3)4/h9H,1,5H2,2-4H3. The van der Waals surface area contributed by atoms with Crippen molar-refractivity contribution in [2.24, 2.45) is 5.41 Å². The van der Waals surface area contributed by atoms with E-state index in [-0.39, 0.29) is 18.0 Å². The molecule has 0 aromatic rings. The van der Waals surface area contributed by atoms with Crippen LogP contribution in [0.4, 0.5) is 0 Å². The fraction of sp³-hybridized carbons (Fsp3) is 0.625. The second-order valence-corrected chi connectivity index (χ2v) is 3.34. The van der Waals surface area contributed by atoms with Gasteiger partial charge in [0, 0.05) is 11.0 Å². The molecule has 1 N–H and O–H groups in total. The van der Waals surface area contributed by atoms with Crippen LogP contribution >= 0.6 is 0 Å². The molecule has 10 heavy (non-hydrogen) atoms. The zero-order chi connectivity index (χ0) is 8.36. The maximum Gasteiger partial charge on any atom is 0.165 e. The van der Waals surface area contributed by atoms with E-state index in [9.17, 15) is 4.79 Å². The highest BCUT2D eigenvalue weighted by Crippen LogP contribution is 2.18. The quantitative estimate of drug-likeness (QED) is 0.587. The predicted octanol–water partition coefficient (Wildman–Crippen LogP) is 1.15. The van der Waals surface area contributed by atoms with E-state index in [0.717, 1.165) is 0 Å². The first-order valence-electron chi connectivity index (χ1n) is 3.23. The molecule has 0 bridgehead atoms. The first kappa shape index (κ1) is 9.37. The van der Waals surface area contributed by atoms with Gasteiger partial charge < -0.3 is 5.11 Å². The van der Waals surface area contributed by atoms with Gasteiger partial charge in [-0.05, 0) is 0 Å². The molecular formula is C8H14O2. The summed E-state index contributed by atoms with van der Waals surface area (Å²) in [4.78, 5) is 11.1. The van der Waals surface area contributed by atoms with Crippen LogP contribution in [-0.2, 0) is 4.79 Å². The lowest BCUT2D eigenvalue weighted by atomic mass is 9.87. The van der Waals surface area contributed by atoms with Crippen LogP contribution in [0.3, 0.4) is 0 Å². The molecular weight excluding hydrogens is 128 g/mol. The number of carbonyl (C=O) groups excluding carboxylic acids is 1. The molecule has 0 heterocycles. The van der Waals surface area contributed by atoms with E-state index in [1.54, 1.807) is 20.8 Å². The van der Waals surface area contributed by atoms with Crippen molar-refractivity contribution in [3.8, 4) is 0 Å². The Kier molecular flexibility index (Phi) is 2.78. The number of aliphatic hydroxyl groups is 1. The largest absolute Gasteiger partial charge is 0.392 e. The summed E-state index contributed by atoms with van der Waals surface area (Å²) in [6, 6.07) is 0. The average Bonchev–Trinajstić information content (AvgIpc) is 1.83. The van der Waals surface area contributed by atoms with Gasteiger partial charge in [-0.15, -0.1) is 0 Å². The molecule has 0 aliphatic rings. The van der Waals surface area contributed by atoms with Crippen LogP contribution in [0.15, 0.2) is 12.2 Å². The van der Waals surface area contributed by atoms with Crippen molar-refractivity contribution < 1.29 is 9.90 Å². The lowest BCUT2D eigenvalue weighted by Gasteiger charge is -2.16. The van der Waals surface area contributed by atoms with Crippen molar-refractivity contribution in [2.45, 2.75) is 20.8 Å². The van der Waals surface area contributed by atoms with E-state index in [2.05, 4.69) is 6.58 Å². The molecule has 0 radical (unpaired) electrons. The Morgan fingerprint density at radius 2 is 1.90 bits per heavy atom. The topological polar surface area (TPSA) is 37.3 Å². The van der Waals surface area contributed by atoms with Gasteiger partial charge in [-0.2, -0.15) is 0 Å². The fourth-order valence-corrected chi connectivity index (χ4v) is 0.602. The Labute approximate surface area is 61.6 Å². The van der Waals surface area contributed by atoms with Crippen molar-refractivity contribution in [1.82, 2.24) is 0 Å². The monoisotopic (exact) mass is 142 g/mol. The SMILES string of the molecule is C=C(CO)C(=O)C(C)(C)C. The molecule has 2 heteroatoms. The summed E-state index contributed by atoms with van der Waals surface area (Å²) in [7, 11) is 0. The zero-order valence-corrected chi connectivity index (χ0v) is 6.77. The molecule has 0 atom stereocenters. The summed E-state index contributed by atoms with van der Waals surface area (Å²) in [6.07, 6.45) is 0. The molecule has 0 saturated carbocycles. The Hall–Kier alpha value is -0.630. The average molecular weight is 142 g/mol. The fourth-order valence-electron chi connectivity index (χ4n) is 0.602. The second-order valence-electron chi connectivity index (χ2n) is 3.34. The highest BCUT2D eigenvalue weighted by atomic mass is 16.3. The number of aliphatic hydroxyl groups excluding tert-OH is 1. The molecule has 0 rings (SSSR count). The third kappa shape index (κ3) is 2.31. The second kappa shape index (κ2) is 2.97. The number of carbonyl (C=O) groups is 1. The molecule has 2 nitrogen and oxygen atoms in total. The molecule has 0 aliphatic carbocycles. The molecule has 0 saturated heterocycles. The molecule has 0 spiro atoms. The Balaban J connectivity index is 4.24. The maximum absolute atomic E-state index is 11.1. The Bertz CT molecular complexity index is 151. The van der Waals surface area contributed by atoms with Gasteiger partial charge in [0.2, 0.25) is 0 Å². The highest BCUT2D eigenvalue weighted by Gasteiger charge is 2.22. The number of rotatable bonds is 2. The first-order valence-corrected chi connectivity index (χ1v) is 3.23. The summed E-state index contributed by atoms with van der Waals surface area (Å²) in [5.74, 6) is -0.0741. The van der Waals surface area contributed by atoms with Gasteiger partial charge in [-0.1, -0.05) is 27.4 Å².